The molecule has 1 atom stereocenters. The molecule has 126 valence electrons. The SMILES string of the molecule is C=CC(=O)N1CCC(c2nc(-c3cccnc3)no2)(C(F)(F)F)C1. The lowest BCUT2D eigenvalue weighted by atomic mass is 9.86. The quantitative estimate of drug-likeness (QED) is 0.804. The molecule has 0 spiro atoms. The molecule has 1 unspecified atom stereocenters. The van der Waals surface area contributed by atoms with Crippen LogP contribution in [0.2, 0.25) is 0 Å². The molecule has 0 saturated carbocycles. The summed E-state index contributed by atoms with van der Waals surface area (Å²) < 4.78 is 46.2. The Bertz CT molecular complexity index is 760. The van der Waals surface area contributed by atoms with Crippen molar-refractivity contribution in [2.75, 3.05) is 13.1 Å². The zero-order chi connectivity index (χ0) is 17.4. The Kier molecular flexibility index (Phi) is 3.86. The van der Waals surface area contributed by atoms with Crippen LogP contribution < -0.4 is 0 Å². The van der Waals surface area contributed by atoms with Crippen LogP contribution in [0.5, 0.6) is 0 Å². The number of alkyl halides is 3. The van der Waals surface area contributed by atoms with E-state index in [1.807, 2.05) is 0 Å². The molecule has 3 rings (SSSR count). The molecular formula is C15H13F3N4O2. The fourth-order valence-corrected chi connectivity index (χ4v) is 2.68. The van der Waals surface area contributed by atoms with E-state index in [4.69, 9.17) is 4.52 Å². The van der Waals surface area contributed by atoms with Crippen molar-refractivity contribution in [3.05, 3.63) is 43.1 Å². The second kappa shape index (κ2) is 5.73. The summed E-state index contributed by atoms with van der Waals surface area (Å²) in [5.41, 5.74) is -1.93. The van der Waals surface area contributed by atoms with Gasteiger partial charge in [0, 0.05) is 31.0 Å². The average molecular weight is 338 g/mol. The first-order chi connectivity index (χ1) is 11.4. The Morgan fingerprint density at radius 2 is 2.25 bits per heavy atom. The van der Waals surface area contributed by atoms with Gasteiger partial charge in [0.2, 0.25) is 17.6 Å². The largest absolute Gasteiger partial charge is 0.405 e. The summed E-state index contributed by atoms with van der Waals surface area (Å²) in [6.07, 6.45) is -1.04. The van der Waals surface area contributed by atoms with Crippen molar-refractivity contribution in [1.82, 2.24) is 20.0 Å². The van der Waals surface area contributed by atoms with Crippen LogP contribution in [0, 0.1) is 0 Å². The summed E-state index contributed by atoms with van der Waals surface area (Å²) in [4.78, 5) is 20.5. The third kappa shape index (κ3) is 2.55. The number of carbonyl (C=O) groups excluding carboxylic acids is 1. The molecule has 1 aliphatic heterocycles. The predicted molar refractivity (Wildman–Crippen MR) is 76.7 cm³/mol. The summed E-state index contributed by atoms with van der Waals surface area (Å²) in [6, 6.07) is 3.23. The summed E-state index contributed by atoms with van der Waals surface area (Å²) in [5.74, 6) is -1.09. The van der Waals surface area contributed by atoms with Gasteiger partial charge in [-0.1, -0.05) is 11.7 Å². The van der Waals surface area contributed by atoms with Gasteiger partial charge in [0.05, 0.1) is 0 Å². The Balaban J connectivity index is 1.99. The normalized spacial score (nSPS) is 21.0. The van der Waals surface area contributed by atoms with Crippen LogP contribution in [0.25, 0.3) is 11.4 Å². The van der Waals surface area contributed by atoms with E-state index in [0.717, 1.165) is 11.0 Å². The molecule has 6 nitrogen and oxygen atoms in total. The maximum Gasteiger partial charge on any atom is 0.405 e. The van der Waals surface area contributed by atoms with Gasteiger partial charge < -0.3 is 9.42 Å². The molecular weight excluding hydrogens is 325 g/mol. The van der Waals surface area contributed by atoms with E-state index in [-0.39, 0.29) is 18.8 Å². The Morgan fingerprint density at radius 1 is 1.46 bits per heavy atom. The monoisotopic (exact) mass is 338 g/mol. The van der Waals surface area contributed by atoms with E-state index < -0.39 is 29.9 Å². The van der Waals surface area contributed by atoms with E-state index in [9.17, 15) is 18.0 Å². The first-order valence-electron chi connectivity index (χ1n) is 7.10. The predicted octanol–water partition coefficient (Wildman–Crippen LogP) is 2.35. The van der Waals surface area contributed by atoms with E-state index >= 15 is 0 Å². The Hall–Kier alpha value is -2.71. The summed E-state index contributed by atoms with van der Waals surface area (Å²) in [6.45, 7) is 2.67. The van der Waals surface area contributed by atoms with Crippen LogP contribution in [0.3, 0.4) is 0 Å². The Morgan fingerprint density at radius 3 is 2.88 bits per heavy atom. The first kappa shape index (κ1) is 16.2. The minimum atomic E-state index is -4.64. The number of rotatable bonds is 3. The molecule has 1 aliphatic rings. The number of hydrogen-bond acceptors (Lipinski definition) is 5. The highest BCUT2D eigenvalue weighted by atomic mass is 19.4. The van der Waals surface area contributed by atoms with E-state index in [1.54, 1.807) is 12.1 Å². The lowest BCUT2D eigenvalue weighted by Crippen LogP contribution is -2.45. The maximum atomic E-state index is 13.8. The lowest BCUT2D eigenvalue weighted by molar-refractivity contribution is -0.193. The fraction of sp³-hybridized carbons (Fsp3) is 0.333. The number of carbonyl (C=O) groups is 1. The molecule has 1 amide bonds. The van der Waals surface area contributed by atoms with Crippen molar-refractivity contribution in [2.45, 2.75) is 18.0 Å². The van der Waals surface area contributed by atoms with Crippen molar-refractivity contribution in [2.24, 2.45) is 0 Å². The van der Waals surface area contributed by atoms with Crippen molar-refractivity contribution < 1.29 is 22.5 Å². The van der Waals surface area contributed by atoms with Crippen molar-refractivity contribution in [3.63, 3.8) is 0 Å². The maximum absolute atomic E-state index is 13.8. The molecule has 0 aromatic carbocycles. The molecule has 9 heteroatoms. The van der Waals surface area contributed by atoms with Crippen LogP contribution in [0.1, 0.15) is 12.3 Å². The van der Waals surface area contributed by atoms with Crippen LogP contribution in [-0.2, 0) is 10.2 Å². The number of aromatic nitrogens is 3. The second-order valence-corrected chi connectivity index (χ2v) is 5.46. The standard InChI is InChI=1S/C15H13F3N4O2/c1-2-11(23)22-7-5-14(9-22,15(16,17)18)13-20-12(21-24-13)10-4-3-6-19-8-10/h2-4,6,8H,1,5,7,9H2. The van der Waals surface area contributed by atoms with Gasteiger partial charge in [-0.25, -0.2) is 0 Å². The summed E-state index contributed by atoms with van der Waals surface area (Å²) in [5, 5.41) is 3.63. The van der Waals surface area contributed by atoms with Crippen LogP contribution in [-0.4, -0.2) is 45.2 Å². The topological polar surface area (TPSA) is 72.1 Å². The Labute approximate surface area is 135 Å². The smallest absolute Gasteiger partial charge is 0.338 e. The summed E-state index contributed by atoms with van der Waals surface area (Å²) >= 11 is 0. The van der Waals surface area contributed by atoms with E-state index in [0.29, 0.717) is 5.56 Å². The molecule has 0 bridgehead atoms. The van der Waals surface area contributed by atoms with Gasteiger partial charge in [0.15, 0.2) is 5.41 Å². The number of nitrogens with zero attached hydrogens (tertiary/aromatic N) is 4. The highest BCUT2D eigenvalue weighted by Crippen LogP contribution is 2.47. The van der Waals surface area contributed by atoms with Crippen LogP contribution in [0.4, 0.5) is 13.2 Å². The lowest BCUT2D eigenvalue weighted by Gasteiger charge is -2.27. The molecule has 2 aromatic rings. The van der Waals surface area contributed by atoms with Gasteiger partial charge in [-0.2, -0.15) is 18.2 Å². The highest BCUT2D eigenvalue weighted by molar-refractivity contribution is 5.87. The van der Waals surface area contributed by atoms with E-state index in [1.165, 1.54) is 12.4 Å². The summed E-state index contributed by atoms with van der Waals surface area (Å²) in [7, 11) is 0. The zero-order valence-corrected chi connectivity index (χ0v) is 12.5. The van der Waals surface area contributed by atoms with Gasteiger partial charge >= 0.3 is 6.18 Å². The fourth-order valence-electron chi connectivity index (χ4n) is 2.68. The average Bonchev–Trinajstić information content (AvgIpc) is 3.22. The molecule has 24 heavy (non-hydrogen) atoms. The molecule has 3 heterocycles. The number of likely N-dealkylation sites (tertiary alicyclic amines) is 1. The molecule has 0 aliphatic carbocycles. The van der Waals surface area contributed by atoms with Gasteiger partial charge in [0.1, 0.15) is 0 Å². The van der Waals surface area contributed by atoms with E-state index in [2.05, 4.69) is 21.7 Å². The molecule has 2 aromatic heterocycles. The van der Waals surface area contributed by atoms with Crippen LogP contribution in [0.15, 0.2) is 41.7 Å². The minimum Gasteiger partial charge on any atom is -0.338 e. The van der Waals surface area contributed by atoms with Crippen molar-refractivity contribution >= 4 is 5.91 Å². The third-order valence-corrected chi connectivity index (χ3v) is 4.05. The van der Waals surface area contributed by atoms with Gasteiger partial charge in [-0.3, -0.25) is 9.78 Å². The van der Waals surface area contributed by atoms with Gasteiger partial charge in [-0.05, 0) is 24.6 Å². The second-order valence-electron chi connectivity index (χ2n) is 5.46. The number of hydrogen-bond donors (Lipinski definition) is 0. The zero-order valence-electron chi connectivity index (χ0n) is 12.5. The van der Waals surface area contributed by atoms with Crippen LogP contribution >= 0.6 is 0 Å². The first-order valence-corrected chi connectivity index (χ1v) is 7.10. The number of amides is 1. The molecule has 1 saturated heterocycles. The van der Waals surface area contributed by atoms with Crippen molar-refractivity contribution in [1.29, 1.82) is 0 Å². The van der Waals surface area contributed by atoms with Crippen molar-refractivity contribution in [3.8, 4) is 11.4 Å². The highest BCUT2D eigenvalue weighted by Gasteiger charge is 2.63. The number of halogens is 3. The van der Waals surface area contributed by atoms with Gasteiger partial charge in [-0.15, -0.1) is 0 Å². The molecule has 0 radical (unpaired) electrons. The molecule has 0 N–H and O–H groups in total. The molecule has 1 fully saturated rings. The van der Waals surface area contributed by atoms with Gasteiger partial charge in [0.25, 0.3) is 0 Å². The third-order valence-electron chi connectivity index (χ3n) is 4.05. The minimum absolute atomic E-state index is 0.0234. The number of pyridine rings is 1.